The topological polar surface area (TPSA) is 64.9 Å². The predicted octanol–water partition coefficient (Wildman–Crippen LogP) is 3.64. The van der Waals surface area contributed by atoms with Crippen molar-refractivity contribution in [3.05, 3.63) is 11.8 Å². The van der Waals surface area contributed by atoms with Crippen molar-refractivity contribution in [1.29, 1.82) is 0 Å². The monoisotopic (exact) mass is 267 g/mol. The molecule has 1 aromatic heterocycles. The van der Waals surface area contributed by atoms with Gasteiger partial charge in [0.15, 0.2) is 0 Å². The standard InChI is InChI=1S/C15H29N3O/c1-2-3-4-5-6-7-8-9-10-11-14-17-18-15(19-14)12-13-16/h2-13,16H2,1H3. The van der Waals surface area contributed by atoms with Crippen molar-refractivity contribution in [3.63, 3.8) is 0 Å². The number of nitrogens with zero attached hydrogens (tertiary/aromatic N) is 2. The molecule has 0 aliphatic carbocycles. The first-order valence-corrected chi connectivity index (χ1v) is 7.88. The molecule has 0 fully saturated rings. The molecule has 0 amide bonds. The number of aromatic nitrogens is 2. The van der Waals surface area contributed by atoms with Crippen molar-refractivity contribution in [1.82, 2.24) is 10.2 Å². The molecule has 0 aliphatic rings. The van der Waals surface area contributed by atoms with Crippen LogP contribution in [0.2, 0.25) is 0 Å². The van der Waals surface area contributed by atoms with Crippen LogP contribution in [0.25, 0.3) is 0 Å². The Kier molecular flexibility index (Phi) is 9.33. The van der Waals surface area contributed by atoms with Crippen LogP contribution in [0.15, 0.2) is 4.42 Å². The lowest BCUT2D eigenvalue weighted by Gasteiger charge is -2.00. The van der Waals surface area contributed by atoms with Crippen LogP contribution >= 0.6 is 0 Å². The summed E-state index contributed by atoms with van der Waals surface area (Å²) in [5, 5.41) is 8.00. The van der Waals surface area contributed by atoms with E-state index in [2.05, 4.69) is 17.1 Å². The molecule has 4 nitrogen and oxygen atoms in total. The minimum absolute atomic E-state index is 0.569. The zero-order valence-electron chi connectivity index (χ0n) is 12.4. The van der Waals surface area contributed by atoms with E-state index in [1.165, 1.54) is 51.4 Å². The highest BCUT2D eigenvalue weighted by atomic mass is 16.4. The third kappa shape index (κ3) is 7.98. The van der Waals surface area contributed by atoms with Gasteiger partial charge in [0.1, 0.15) is 0 Å². The summed E-state index contributed by atoms with van der Waals surface area (Å²) in [5.41, 5.74) is 5.44. The maximum atomic E-state index is 5.49. The molecule has 1 rings (SSSR count). The zero-order chi connectivity index (χ0) is 13.8. The maximum absolute atomic E-state index is 5.49. The molecule has 0 saturated carbocycles. The van der Waals surface area contributed by atoms with Gasteiger partial charge in [-0.1, -0.05) is 58.3 Å². The van der Waals surface area contributed by atoms with Gasteiger partial charge in [0.25, 0.3) is 0 Å². The second-order valence-electron chi connectivity index (χ2n) is 5.21. The maximum Gasteiger partial charge on any atom is 0.217 e. The summed E-state index contributed by atoms with van der Waals surface area (Å²) in [4.78, 5) is 0. The van der Waals surface area contributed by atoms with Crippen LogP contribution in [0.1, 0.15) is 76.5 Å². The van der Waals surface area contributed by atoms with Crippen molar-refractivity contribution in [2.45, 2.75) is 77.6 Å². The van der Waals surface area contributed by atoms with Gasteiger partial charge in [0, 0.05) is 19.4 Å². The van der Waals surface area contributed by atoms with Crippen LogP contribution in [0.5, 0.6) is 0 Å². The lowest BCUT2D eigenvalue weighted by Crippen LogP contribution is -2.02. The molecule has 0 aromatic carbocycles. The van der Waals surface area contributed by atoms with Crippen molar-refractivity contribution in [2.24, 2.45) is 5.73 Å². The summed E-state index contributed by atoms with van der Waals surface area (Å²) < 4.78 is 5.49. The van der Waals surface area contributed by atoms with Gasteiger partial charge in [0.05, 0.1) is 0 Å². The second-order valence-corrected chi connectivity index (χ2v) is 5.21. The number of hydrogen-bond acceptors (Lipinski definition) is 4. The van der Waals surface area contributed by atoms with E-state index in [1.54, 1.807) is 0 Å². The Labute approximate surface area is 117 Å². The molecule has 19 heavy (non-hydrogen) atoms. The molecule has 4 heteroatoms. The first-order valence-electron chi connectivity index (χ1n) is 7.88. The third-order valence-corrected chi connectivity index (χ3v) is 3.36. The van der Waals surface area contributed by atoms with Gasteiger partial charge in [-0.3, -0.25) is 0 Å². The van der Waals surface area contributed by atoms with Crippen molar-refractivity contribution >= 4 is 0 Å². The van der Waals surface area contributed by atoms with Crippen LogP contribution in [0.3, 0.4) is 0 Å². The van der Waals surface area contributed by atoms with Gasteiger partial charge in [-0.2, -0.15) is 0 Å². The van der Waals surface area contributed by atoms with Crippen LogP contribution in [-0.2, 0) is 12.8 Å². The quantitative estimate of drug-likeness (QED) is 0.587. The Bertz CT molecular complexity index is 312. The Morgan fingerprint density at radius 1 is 0.789 bits per heavy atom. The second kappa shape index (κ2) is 11.0. The summed E-state index contributed by atoms with van der Waals surface area (Å²) in [7, 11) is 0. The van der Waals surface area contributed by atoms with E-state index < -0.39 is 0 Å². The molecule has 0 aliphatic heterocycles. The summed E-state index contributed by atoms with van der Waals surface area (Å²) in [6.07, 6.45) is 13.6. The van der Waals surface area contributed by atoms with E-state index in [-0.39, 0.29) is 0 Å². The summed E-state index contributed by atoms with van der Waals surface area (Å²) in [6, 6.07) is 0. The average molecular weight is 267 g/mol. The van der Waals surface area contributed by atoms with E-state index in [1.807, 2.05) is 0 Å². The summed E-state index contributed by atoms with van der Waals surface area (Å²) in [5.74, 6) is 1.44. The summed E-state index contributed by atoms with van der Waals surface area (Å²) in [6.45, 7) is 2.83. The highest BCUT2D eigenvalue weighted by molar-refractivity contribution is 4.82. The zero-order valence-corrected chi connectivity index (χ0v) is 12.4. The molecule has 0 saturated heterocycles. The van der Waals surface area contributed by atoms with E-state index in [0.717, 1.165) is 18.7 Å². The van der Waals surface area contributed by atoms with E-state index >= 15 is 0 Å². The Balaban J connectivity index is 1.92. The average Bonchev–Trinajstić information content (AvgIpc) is 2.85. The van der Waals surface area contributed by atoms with Crippen LogP contribution < -0.4 is 5.73 Å². The molecule has 0 bridgehead atoms. The van der Waals surface area contributed by atoms with E-state index in [0.29, 0.717) is 18.9 Å². The minimum Gasteiger partial charge on any atom is -0.425 e. The fourth-order valence-electron chi connectivity index (χ4n) is 2.20. The van der Waals surface area contributed by atoms with Crippen LogP contribution in [-0.4, -0.2) is 16.7 Å². The number of unbranched alkanes of at least 4 members (excludes halogenated alkanes) is 8. The molecule has 0 unspecified atom stereocenters. The molecule has 1 heterocycles. The molecule has 1 aromatic rings. The fourth-order valence-corrected chi connectivity index (χ4v) is 2.20. The van der Waals surface area contributed by atoms with Gasteiger partial charge < -0.3 is 10.2 Å². The number of nitrogens with two attached hydrogens (primary N) is 1. The first-order chi connectivity index (χ1) is 9.36. The van der Waals surface area contributed by atoms with Crippen molar-refractivity contribution in [2.75, 3.05) is 6.54 Å². The summed E-state index contributed by atoms with van der Waals surface area (Å²) >= 11 is 0. The SMILES string of the molecule is CCCCCCCCCCCc1nnc(CCN)o1. The lowest BCUT2D eigenvalue weighted by atomic mass is 10.1. The highest BCUT2D eigenvalue weighted by Crippen LogP contribution is 2.11. The Morgan fingerprint density at radius 2 is 1.32 bits per heavy atom. The molecular weight excluding hydrogens is 238 g/mol. The first kappa shape index (κ1) is 16.2. The molecule has 2 N–H and O–H groups in total. The fraction of sp³-hybridized carbons (Fsp3) is 0.867. The largest absolute Gasteiger partial charge is 0.425 e. The predicted molar refractivity (Wildman–Crippen MR) is 78.0 cm³/mol. The van der Waals surface area contributed by atoms with E-state index in [4.69, 9.17) is 10.2 Å². The van der Waals surface area contributed by atoms with Crippen LogP contribution in [0, 0.1) is 0 Å². The van der Waals surface area contributed by atoms with Gasteiger partial charge in [0.2, 0.25) is 11.8 Å². The van der Waals surface area contributed by atoms with Gasteiger partial charge in [-0.25, -0.2) is 0 Å². The van der Waals surface area contributed by atoms with Crippen molar-refractivity contribution in [3.8, 4) is 0 Å². The molecule has 0 radical (unpaired) electrons. The lowest BCUT2D eigenvalue weighted by molar-refractivity contribution is 0.440. The smallest absolute Gasteiger partial charge is 0.217 e. The van der Waals surface area contributed by atoms with Gasteiger partial charge in [-0.15, -0.1) is 10.2 Å². The number of aryl methyl sites for hydroxylation is 1. The van der Waals surface area contributed by atoms with Crippen LogP contribution in [0.4, 0.5) is 0 Å². The molecule has 0 spiro atoms. The van der Waals surface area contributed by atoms with Gasteiger partial charge in [-0.05, 0) is 6.42 Å². The molecule has 0 atom stereocenters. The highest BCUT2D eigenvalue weighted by Gasteiger charge is 2.04. The normalized spacial score (nSPS) is 11.1. The Morgan fingerprint density at radius 3 is 1.89 bits per heavy atom. The molecule has 110 valence electrons. The van der Waals surface area contributed by atoms with E-state index in [9.17, 15) is 0 Å². The minimum atomic E-state index is 0.569. The third-order valence-electron chi connectivity index (χ3n) is 3.36. The number of hydrogen-bond donors (Lipinski definition) is 1. The number of rotatable bonds is 12. The van der Waals surface area contributed by atoms with Crippen molar-refractivity contribution < 1.29 is 4.42 Å². The molecular formula is C15H29N3O. The Hall–Kier alpha value is -0.900. The van der Waals surface area contributed by atoms with Gasteiger partial charge >= 0.3 is 0 Å².